The first-order chi connectivity index (χ1) is 10.6. The van der Waals surface area contributed by atoms with Gasteiger partial charge in [-0.25, -0.2) is 0 Å². The second kappa shape index (κ2) is 7.82. The van der Waals surface area contributed by atoms with Gasteiger partial charge in [-0.3, -0.25) is 4.99 Å². The molecular formula is C15H21F2N3O2. The number of guanidine groups is 1. The molecular weight excluding hydrogens is 292 g/mol. The Morgan fingerprint density at radius 1 is 1.45 bits per heavy atom. The van der Waals surface area contributed by atoms with Crippen molar-refractivity contribution < 1.29 is 18.3 Å². The predicted molar refractivity (Wildman–Crippen MR) is 80.6 cm³/mol. The summed E-state index contributed by atoms with van der Waals surface area (Å²) in [5.74, 6) is 1.30. The van der Waals surface area contributed by atoms with Gasteiger partial charge >= 0.3 is 6.61 Å². The van der Waals surface area contributed by atoms with Crippen LogP contribution in [0.2, 0.25) is 0 Å². The van der Waals surface area contributed by atoms with E-state index in [0.29, 0.717) is 37.0 Å². The van der Waals surface area contributed by atoms with E-state index in [-0.39, 0.29) is 11.8 Å². The van der Waals surface area contributed by atoms with Crippen molar-refractivity contribution in [3.63, 3.8) is 0 Å². The number of hydrogen-bond acceptors (Lipinski definition) is 5. The van der Waals surface area contributed by atoms with Crippen molar-refractivity contribution in [2.75, 3.05) is 13.2 Å². The Bertz CT molecular complexity index is 524. The number of rotatable bonds is 7. The van der Waals surface area contributed by atoms with Gasteiger partial charge in [0, 0.05) is 24.2 Å². The van der Waals surface area contributed by atoms with Crippen LogP contribution >= 0.6 is 0 Å². The van der Waals surface area contributed by atoms with Gasteiger partial charge in [0.1, 0.15) is 11.5 Å². The van der Waals surface area contributed by atoms with E-state index in [9.17, 15) is 8.78 Å². The second-order valence-corrected chi connectivity index (χ2v) is 5.08. The van der Waals surface area contributed by atoms with Gasteiger partial charge in [-0.05, 0) is 25.5 Å². The van der Waals surface area contributed by atoms with E-state index in [1.54, 1.807) is 12.1 Å². The molecule has 122 valence electrons. The lowest BCUT2D eigenvalue weighted by Gasteiger charge is -2.14. The van der Waals surface area contributed by atoms with Gasteiger partial charge < -0.3 is 20.1 Å². The third-order valence-corrected chi connectivity index (χ3v) is 3.08. The number of hydrogen-bond donors (Lipinski definition) is 2. The lowest BCUT2D eigenvalue weighted by molar-refractivity contribution is -0.0505. The Balaban J connectivity index is 2.04. The van der Waals surface area contributed by atoms with E-state index in [0.717, 1.165) is 6.42 Å². The largest absolute Gasteiger partial charge is 0.493 e. The second-order valence-electron chi connectivity index (χ2n) is 5.08. The van der Waals surface area contributed by atoms with Gasteiger partial charge in [0.15, 0.2) is 5.96 Å². The number of aliphatic imine (C=N–C) groups is 1. The van der Waals surface area contributed by atoms with Crippen LogP contribution in [0.3, 0.4) is 0 Å². The van der Waals surface area contributed by atoms with Crippen LogP contribution in [0.25, 0.3) is 0 Å². The zero-order chi connectivity index (χ0) is 15.9. The summed E-state index contributed by atoms with van der Waals surface area (Å²) < 4.78 is 35.1. The summed E-state index contributed by atoms with van der Waals surface area (Å²) in [6.07, 6.45) is 0.845. The highest BCUT2D eigenvalue weighted by atomic mass is 19.3. The van der Waals surface area contributed by atoms with Gasteiger partial charge in [-0.15, -0.1) is 0 Å². The fourth-order valence-electron chi connectivity index (χ4n) is 2.04. The zero-order valence-corrected chi connectivity index (χ0v) is 12.7. The molecule has 0 aromatic heterocycles. The Hall–Kier alpha value is -2.05. The molecule has 0 saturated carbocycles. The van der Waals surface area contributed by atoms with Gasteiger partial charge in [-0.2, -0.15) is 8.78 Å². The van der Waals surface area contributed by atoms with E-state index in [1.807, 2.05) is 13.8 Å². The van der Waals surface area contributed by atoms with Crippen LogP contribution < -0.4 is 20.1 Å². The average Bonchev–Trinajstić information content (AvgIpc) is 2.89. The van der Waals surface area contributed by atoms with Gasteiger partial charge in [0.05, 0.1) is 13.2 Å². The summed E-state index contributed by atoms with van der Waals surface area (Å²) in [5, 5.41) is 6.23. The molecule has 1 unspecified atom stereocenters. The van der Waals surface area contributed by atoms with Crippen molar-refractivity contribution in [2.45, 2.75) is 39.5 Å². The quantitative estimate of drug-likeness (QED) is 0.812. The smallest absolute Gasteiger partial charge is 0.387 e. The van der Waals surface area contributed by atoms with Crippen molar-refractivity contribution in [3.05, 3.63) is 23.8 Å². The number of nitrogens with one attached hydrogen (secondary N) is 2. The minimum absolute atomic E-state index is 0.114. The summed E-state index contributed by atoms with van der Waals surface area (Å²) in [5.41, 5.74) is 0.619. The maximum Gasteiger partial charge on any atom is 0.387 e. The highest BCUT2D eigenvalue weighted by Crippen LogP contribution is 2.26. The molecule has 1 heterocycles. The van der Waals surface area contributed by atoms with Crippen molar-refractivity contribution in [2.24, 2.45) is 4.99 Å². The maximum absolute atomic E-state index is 12.6. The van der Waals surface area contributed by atoms with Crippen LogP contribution in [0.1, 0.15) is 25.8 Å². The molecule has 2 rings (SSSR count). The van der Waals surface area contributed by atoms with Crippen LogP contribution in [0.15, 0.2) is 23.2 Å². The zero-order valence-electron chi connectivity index (χ0n) is 12.7. The number of alkyl halides is 2. The van der Waals surface area contributed by atoms with Crippen LogP contribution in [0, 0.1) is 0 Å². The minimum Gasteiger partial charge on any atom is -0.493 e. The van der Waals surface area contributed by atoms with Crippen LogP contribution in [-0.4, -0.2) is 31.8 Å². The van der Waals surface area contributed by atoms with E-state index in [4.69, 9.17) is 4.74 Å². The predicted octanol–water partition coefficient (Wildman–Crippen LogP) is 2.51. The molecule has 2 N–H and O–H groups in total. The fourth-order valence-corrected chi connectivity index (χ4v) is 2.04. The molecule has 22 heavy (non-hydrogen) atoms. The first kappa shape index (κ1) is 16.3. The number of nitrogens with zero attached hydrogens (tertiary/aromatic N) is 1. The van der Waals surface area contributed by atoms with E-state index >= 15 is 0 Å². The summed E-state index contributed by atoms with van der Waals surface area (Å²) >= 11 is 0. The monoisotopic (exact) mass is 313 g/mol. The molecule has 1 aromatic rings. The number of benzene rings is 1. The van der Waals surface area contributed by atoms with Gasteiger partial charge in [0.2, 0.25) is 0 Å². The van der Waals surface area contributed by atoms with Crippen molar-refractivity contribution in [3.8, 4) is 11.5 Å². The highest BCUT2D eigenvalue weighted by Gasteiger charge is 2.15. The molecule has 0 spiro atoms. The van der Waals surface area contributed by atoms with Crippen LogP contribution in [0.4, 0.5) is 8.78 Å². The molecule has 0 amide bonds. The van der Waals surface area contributed by atoms with E-state index < -0.39 is 6.61 Å². The molecule has 1 atom stereocenters. The molecule has 1 aliphatic heterocycles. The Morgan fingerprint density at radius 2 is 2.27 bits per heavy atom. The molecule has 0 fully saturated rings. The standard InChI is InChI=1S/C15H21F2N3O2/c1-3-6-21-12-5-4-11(13(7-12)22-14(16)17)9-19-15-18-8-10(2)20-15/h4-5,7,10,14H,3,6,8-9H2,1-2H3,(H2,18,19,20). The average molecular weight is 313 g/mol. The summed E-state index contributed by atoms with van der Waals surface area (Å²) in [7, 11) is 0. The lowest BCUT2D eigenvalue weighted by atomic mass is 10.2. The third kappa shape index (κ3) is 4.75. The Morgan fingerprint density at radius 3 is 2.91 bits per heavy atom. The summed E-state index contributed by atoms with van der Waals surface area (Å²) in [6.45, 7) is 2.70. The van der Waals surface area contributed by atoms with Crippen molar-refractivity contribution in [1.29, 1.82) is 0 Å². The van der Waals surface area contributed by atoms with Gasteiger partial charge in [0.25, 0.3) is 0 Å². The molecule has 7 heteroatoms. The first-order valence-corrected chi connectivity index (χ1v) is 7.34. The molecule has 0 saturated heterocycles. The number of halogens is 2. The maximum atomic E-state index is 12.6. The molecule has 1 aliphatic rings. The van der Waals surface area contributed by atoms with Crippen LogP contribution in [-0.2, 0) is 6.54 Å². The normalized spacial score (nSPS) is 17.1. The lowest BCUT2D eigenvalue weighted by Crippen LogP contribution is -2.37. The van der Waals surface area contributed by atoms with Crippen molar-refractivity contribution in [1.82, 2.24) is 10.6 Å². The number of ether oxygens (including phenoxy) is 2. The molecule has 0 radical (unpaired) electrons. The van der Waals surface area contributed by atoms with Gasteiger partial charge in [-0.1, -0.05) is 6.92 Å². The Kier molecular flexibility index (Phi) is 5.80. The first-order valence-electron chi connectivity index (χ1n) is 7.34. The topological polar surface area (TPSA) is 54.9 Å². The highest BCUT2D eigenvalue weighted by molar-refractivity contribution is 5.81. The molecule has 0 bridgehead atoms. The van der Waals surface area contributed by atoms with Crippen LogP contribution in [0.5, 0.6) is 11.5 Å². The Labute approximate surface area is 128 Å². The fraction of sp³-hybridized carbons (Fsp3) is 0.533. The third-order valence-electron chi connectivity index (χ3n) is 3.08. The SMILES string of the molecule is CCCOc1ccc(CNC2=NCC(C)N2)c(OC(F)F)c1. The molecule has 0 aliphatic carbocycles. The van der Waals surface area contributed by atoms with Crippen molar-refractivity contribution >= 4 is 5.96 Å². The molecule has 1 aromatic carbocycles. The van der Waals surface area contributed by atoms with E-state index in [2.05, 4.69) is 20.4 Å². The summed E-state index contributed by atoms with van der Waals surface area (Å²) in [6, 6.07) is 5.24. The van der Waals surface area contributed by atoms with E-state index in [1.165, 1.54) is 6.07 Å². The summed E-state index contributed by atoms with van der Waals surface area (Å²) in [4.78, 5) is 4.26. The minimum atomic E-state index is -2.87. The molecule has 5 nitrogen and oxygen atoms in total.